The molecule has 0 radical (unpaired) electrons. The Balaban J connectivity index is 1.98. The predicted octanol–water partition coefficient (Wildman–Crippen LogP) is 0.497. The number of hydrogen-bond donors (Lipinski definition) is 1. The molecular formula is C10H14N2O2. The SMILES string of the molecule is NCC(OC1COC1)c1cccnc1. The van der Waals surface area contributed by atoms with Crippen molar-refractivity contribution in [2.24, 2.45) is 5.73 Å². The zero-order valence-electron chi connectivity index (χ0n) is 7.93. The van der Waals surface area contributed by atoms with Crippen molar-refractivity contribution in [2.75, 3.05) is 19.8 Å². The second-order valence-electron chi connectivity index (χ2n) is 3.31. The second-order valence-corrected chi connectivity index (χ2v) is 3.31. The lowest BCUT2D eigenvalue weighted by Crippen LogP contribution is -2.38. The fourth-order valence-corrected chi connectivity index (χ4v) is 1.36. The van der Waals surface area contributed by atoms with Crippen molar-refractivity contribution < 1.29 is 9.47 Å². The molecule has 14 heavy (non-hydrogen) atoms. The van der Waals surface area contributed by atoms with Crippen LogP contribution in [0, 0.1) is 0 Å². The third kappa shape index (κ3) is 2.09. The molecule has 0 bridgehead atoms. The first-order valence-electron chi connectivity index (χ1n) is 4.73. The minimum absolute atomic E-state index is 0.0578. The van der Waals surface area contributed by atoms with Crippen molar-refractivity contribution in [1.29, 1.82) is 0 Å². The summed E-state index contributed by atoms with van der Waals surface area (Å²) in [5.74, 6) is 0. The van der Waals surface area contributed by atoms with Crippen LogP contribution in [0.1, 0.15) is 11.7 Å². The molecule has 2 heterocycles. The summed E-state index contributed by atoms with van der Waals surface area (Å²) >= 11 is 0. The summed E-state index contributed by atoms with van der Waals surface area (Å²) < 4.78 is 10.8. The Morgan fingerprint density at radius 3 is 3.00 bits per heavy atom. The maximum absolute atomic E-state index is 5.73. The van der Waals surface area contributed by atoms with Gasteiger partial charge in [0.05, 0.1) is 19.3 Å². The first-order valence-corrected chi connectivity index (χ1v) is 4.73. The van der Waals surface area contributed by atoms with Crippen LogP contribution in [0.25, 0.3) is 0 Å². The molecule has 2 N–H and O–H groups in total. The zero-order chi connectivity index (χ0) is 9.80. The Labute approximate surface area is 83.0 Å². The van der Waals surface area contributed by atoms with E-state index in [1.807, 2.05) is 12.1 Å². The molecule has 76 valence electrons. The maximum atomic E-state index is 5.73. The number of aromatic nitrogens is 1. The van der Waals surface area contributed by atoms with Gasteiger partial charge in [-0.2, -0.15) is 0 Å². The van der Waals surface area contributed by atoms with E-state index < -0.39 is 0 Å². The van der Waals surface area contributed by atoms with Crippen LogP contribution in [0.5, 0.6) is 0 Å². The van der Waals surface area contributed by atoms with E-state index in [4.69, 9.17) is 15.2 Å². The molecule has 0 saturated carbocycles. The monoisotopic (exact) mass is 194 g/mol. The molecule has 1 aromatic heterocycles. The van der Waals surface area contributed by atoms with Crippen LogP contribution >= 0.6 is 0 Å². The summed E-state index contributed by atoms with van der Waals surface area (Å²) in [6, 6.07) is 3.86. The Morgan fingerprint density at radius 2 is 2.50 bits per heavy atom. The van der Waals surface area contributed by atoms with Crippen molar-refractivity contribution in [3.63, 3.8) is 0 Å². The van der Waals surface area contributed by atoms with Gasteiger partial charge in [-0.05, 0) is 6.07 Å². The summed E-state index contributed by atoms with van der Waals surface area (Å²) in [6.45, 7) is 1.83. The van der Waals surface area contributed by atoms with Crippen LogP contribution in [0.4, 0.5) is 0 Å². The lowest BCUT2D eigenvalue weighted by Gasteiger charge is -2.30. The van der Waals surface area contributed by atoms with Crippen molar-refractivity contribution in [1.82, 2.24) is 4.98 Å². The van der Waals surface area contributed by atoms with Gasteiger partial charge in [0.1, 0.15) is 6.10 Å². The fourth-order valence-electron chi connectivity index (χ4n) is 1.36. The molecule has 1 aliphatic rings. The standard InChI is InChI=1S/C10H14N2O2/c11-4-10(14-9-6-13-7-9)8-2-1-3-12-5-8/h1-3,5,9-10H,4,6-7,11H2. The van der Waals surface area contributed by atoms with Gasteiger partial charge in [-0.25, -0.2) is 0 Å². The van der Waals surface area contributed by atoms with E-state index >= 15 is 0 Å². The zero-order valence-corrected chi connectivity index (χ0v) is 7.93. The summed E-state index contributed by atoms with van der Waals surface area (Å²) in [7, 11) is 0. The normalized spacial score (nSPS) is 18.9. The number of rotatable bonds is 4. The van der Waals surface area contributed by atoms with Crippen LogP contribution in [-0.2, 0) is 9.47 Å². The second kappa shape index (κ2) is 4.50. The van der Waals surface area contributed by atoms with E-state index in [0.717, 1.165) is 5.56 Å². The average molecular weight is 194 g/mol. The summed E-state index contributed by atoms with van der Waals surface area (Å²) in [6.07, 6.45) is 3.67. The van der Waals surface area contributed by atoms with Gasteiger partial charge >= 0.3 is 0 Å². The molecule has 1 aromatic rings. The molecule has 0 amide bonds. The van der Waals surface area contributed by atoms with Crippen LogP contribution in [0.15, 0.2) is 24.5 Å². The summed E-state index contributed by atoms with van der Waals surface area (Å²) in [5, 5.41) is 0. The molecule has 4 heteroatoms. The topological polar surface area (TPSA) is 57.4 Å². The Kier molecular flexibility index (Phi) is 3.08. The quantitative estimate of drug-likeness (QED) is 0.758. The minimum atomic E-state index is -0.0578. The van der Waals surface area contributed by atoms with E-state index in [-0.39, 0.29) is 12.2 Å². The van der Waals surface area contributed by atoms with Gasteiger partial charge in [-0.15, -0.1) is 0 Å². The Morgan fingerprint density at radius 1 is 1.64 bits per heavy atom. The van der Waals surface area contributed by atoms with E-state index in [0.29, 0.717) is 19.8 Å². The Bertz CT molecular complexity index is 275. The van der Waals surface area contributed by atoms with Gasteiger partial charge in [-0.3, -0.25) is 4.98 Å². The van der Waals surface area contributed by atoms with Crippen molar-refractivity contribution in [3.8, 4) is 0 Å². The van der Waals surface area contributed by atoms with Crippen molar-refractivity contribution in [3.05, 3.63) is 30.1 Å². The number of hydrogen-bond acceptors (Lipinski definition) is 4. The van der Waals surface area contributed by atoms with Crippen LogP contribution in [0.2, 0.25) is 0 Å². The molecule has 1 fully saturated rings. The van der Waals surface area contributed by atoms with Gasteiger partial charge in [0.15, 0.2) is 0 Å². The third-order valence-corrected chi connectivity index (χ3v) is 2.23. The first-order chi connectivity index (χ1) is 6.90. The highest BCUT2D eigenvalue weighted by atomic mass is 16.6. The minimum Gasteiger partial charge on any atom is -0.376 e. The molecule has 0 aromatic carbocycles. The van der Waals surface area contributed by atoms with Gasteiger partial charge in [0.25, 0.3) is 0 Å². The van der Waals surface area contributed by atoms with E-state index in [9.17, 15) is 0 Å². The third-order valence-electron chi connectivity index (χ3n) is 2.23. The molecule has 2 rings (SSSR count). The van der Waals surface area contributed by atoms with Crippen LogP contribution < -0.4 is 5.73 Å². The summed E-state index contributed by atoms with van der Waals surface area (Å²) in [4.78, 5) is 4.04. The van der Waals surface area contributed by atoms with Gasteiger partial charge < -0.3 is 15.2 Å². The fraction of sp³-hybridized carbons (Fsp3) is 0.500. The molecule has 1 atom stereocenters. The Hall–Kier alpha value is -0.970. The highest BCUT2D eigenvalue weighted by Crippen LogP contribution is 2.19. The van der Waals surface area contributed by atoms with E-state index in [1.54, 1.807) is 12.4 Å². The van der Waals surface area contributed by atoms with Gasteiger partial charge in [-0.1, -0.05) is 6.07 Å². The highest BCUT2D eigenvalue weighted by Gasteiger charge is 2.23. The molecule has 1 aliphatic heterocycles. The van der Waals surface area contributed by atoms with Crippen LogP contribution in [0.3, 0.4) is 0 Å². The number of pyridine rings is 1. The summed E-state index contributed by atoms with van der Waals surface area (Å²) in [5.41, 5.74) is 6.67. The van der Waals surface area contributed by atoms with E-state index in [2.05, 4.69) is 4.98 Å². The number of nitrogens with zero attached hydrogens (tertiary/aromatic N) is 1. The molecule has 1 saturated heterocycles. The number of ether oxygens (including phenoxy) is 2. The number of nitrogens with two attached hydrogens (primary N) is 1. The molecule has 0 aliphatic carbocycles. The molecule has 0 spiro atoms. The van der Waals surface area contributed by atoms with Crippen molar-refractivity contribution in [2.45, 2.75) is 12.2 Å². The molecule has 1 unspecified atom stereocenters. The van der Waals surface area contributed by atoms with E-state index in [1.165, 1.54) is 0 Å². The predicted molar refractivity (Wildman–Crippen MR) is 51.7 cm³/mol. The molecular weight excluding hydrogens is 180 g/mol. The largest absolute Gasteiger partial charge is 0.376 e. The van der Waals surface area contributed by atoms with Crippen molar-refractivity contribution >= 4 is 0 Å². The average Bonchev–Trinajstić information content (AvgIpc) is 2.18. The molecule has 4 nitrogen and oxygen atoms in total. The highest BCUT2D eigenvalue weighted by molar-refractivity contribution is 5.12. The lowest BCUT2D eigenvalue weighted by atomic mass is 10.1. The smallest absolute Gasteiger partial charge is 0.105 e. The van der Waals surface area contributed by atoms with Gasteiger partial charge in [0, 0.05) is 24.5 Å². The van der Waals surface area contributed by atoms with Crippen LogP contribution in [-0.4, -0.2) is 30.8 Å². The first kappa shape index (κ1) is 9.58. The van der Waals surface area contributed by atoms with Gasteiger partial charge in [0.2, 0.25) is 0 Å². The maximum Gasteiger partial charge on any atom is 0.105 e. The lowest BCUT2D eigenvalue weighted by molar-refractivity contribution is -0.154.